The molecule has 3 rings (SSSR count). The number of rotatable bonds is 8. The third-order valence-electron chi connectivity index (χ3n) is 3.84. The van der Waals surface area contributed by atoms with Gasteiger partial charge in [0, 0.05) is 10.5 Å². The Morgan fingerprint density at radius 1 is 1.21 bits per heavy atom. The minimum Gasteiger partial charge on any atom is -0.493 e. The predicted molar refractivity (Wildman–Crippen MR) is 108 cm³/mol. The van der Waals surface area contributed by atoms with Crippen LogP contribution >= 0.6 is 11.8 Å². The number of carbonyl (C=O) groups excluding carboxylic acids is 1. The number of ether oxygens (including phenoxy) is 2. The van der Waals surface area contributed by atoms with E-state index < -0.39 is 0 Å². The van der Waals surface area contributed by atoms with Crippen molar-refractivity contribution in [2.45, 2.75) is 18.4 Å². The maximum Gasteiger partial charge on any atom is 0.248 e. The molecule has 0 saturated heterocycles. The molecule has 8 nitrogen and oxygen atoms in total. The molecule has 3 aromatic rings. The molecule has 9 heteroatoms. The number of para-hydroxylation sites is 1. The third kappa shape index (κ3) is 4.61. The quantitative estimate of drug-likeness (QED) is 0.582. The molecule has 0 atom stereocenters. The van der Waals surface area contributed by atoms with Gasteiger partial charge in [-0.25, -0.2) is 0 Å². The van der Waals surface area contributed by atoms with Gasteiger partial charge in [-0.3, -0.25) is 4.79 Å². The van der Waals surface area contributed by atoms with E-state index in [0.29, 0.717) is 23.9 Å². The highest BCUT2D eigenvalue weighted by molar-refractivity contribution is 7.98. The Kier molecular flexibility index (Phi) is 6.49. The monoisotopic (exact) mass is 399 g/mol. The van der Waals surface area contributed by atoms with Crippen LogP contribution in [0, 0.1) is 0 Å². The second-order valence-corrected chi connectivity index (χ2v) is 6.54. The average molecular weight is 399 g/mol. The number of hydrogen-bond acceptors (Lipinski definition) is 7. The number of aromatic nitrogens is 4. The molecule has 2 aromatic carbocycles. The molecule has 0 spiro atoms. The number of amides is 1. The van der Waals surface area contributed by atoms with E-state index in [4.69, 9.17) is 9.47 Å². The first-order valence-corrected chi connectivity index (χ1v) is 9.89. The predicted octanol–water partition coefficient (Wildman–Crippen LogP) is 3.11. The summed E-state index contributed by atoms with van der Waals surface area (Å²) in [5.74, 6) is 1.41. The van der Waals surface area contributed by atoms with Crippen molar-refractivity contribution in [2.75, 3.05) is 25.3 Å². The minimum absolute atomic E-state index is 0.0375. The molecule has 1 amide bonds. The fourth-order valence-electron chi connectivity index (χ4n) is 2.58. The number of benzene rings is 2. The van der Waals surface area contributed by atoms with E-state index in [1.807, 2.05) is 43.5 Å². The molecular weight excluding hydrogens is 378 g/mol. The van der Waals surface area contributed by atoms with Gasteiger partial charge < -0.3 is 14.8 Å². The van der Waals surface area contributed by atoms with E-state index in [1.54, 1.807) is 31.0 Å². The van der Waals surface area contributed by atoms with Crippen molar-refractivity contribution < 1.29 is 14.3 Å². The lowest BCUT2D eigenvalue weighted by Gasteiger charge is -2.09. The second-order valence-electron chi connectivity index (χ2n) is 5.69. The van der Waals surface area contributed by atoms with Crippen LogP contribution in [0.3, 0.4) is 0 Å². The van der Waals surface area contributed by atoms with Gasteiger partial charge in [0.1, 0.15) is 6.54 Å². The summed E-state index contributed by atoms with van der Waals surface area (Å²) in [7, 11) is 1.58. The lowest BCUT2D eigenvalue weighted by Crippen LogP contribution is -2.20. The van der Waals surface area contributed by atoms with Crippen LogP contribution in [0.4, 0.5) is 5.69 Å². The number of tetrazole rings is 1. The molecule has 0 radical (unpaired) electrons. The SMILES string of the molecule is CCOc1cc(-c2nnn(CC(=O)Nc3ccccc3SC)n2)ccc1OC. The maximum absolute atomic E-state index is 12.3. The normalized spacial score (nSPS) is 10.5. The number of nitrogens with zero attached hydrogens (tertiary/aromatic N) is 4. The van der Waals surface area contributed by atoms with E-state index in [1.165, 1.54) is 4.80 Å². The van der Waals surface area contributed by atoms with Crippen molar-refractivity contribution in [1.82, 2.24) is 20.2 Å². The smallest absolute Gasteiger partial charge is 0.248 e. The van der Waals surface area contributed by atoms with Crippen molar-refractivity contribution >= 4 is 23.4 Å². The van der Waals surface area contributed by atoms with Gasteiger partial charge in [0.25, 0.3) is 0 Å². The zero-order valence-corrected chi connectivity index (χ0v) is 16.7. The first-order chi connectivity index (χ1) is 13.6. The zero-order chi connectivity index (χ0) is 19.9. The number of hydrogen-bond donors (Lipinski definition) is 1. The van der Waals surface area contributed by atoms with Gasteiger partial charge in [-0.05, 0) is 48.7 Å². The second kappa shape index (κ2) is 9.23. The van der Waals surface area contributed by atoms with Gasteiger partial charge in [0.2, 0.25) is 11.7 Å². The van der Waals surface area contributed by atoms with Gasteiger partial charge in [-0.2, -0.15) is 4.80 Å². The Morgan fingerprint density at radius 2 is 2.04 bits per heavy atom. The first kappa shape index (κ1) is 19.7. The molecule has 0 unspecified atom stereocenters. The highest BCUT2D eigenvalue weighted by Gasteiger charge is 2.13. The molecule has 1 N–H and O–H groups in total. The summed E-state index contributed by atoms with van der Waals surface area (Å²) in [4.78, 5) is 14.6. The molecule has 0 fully saturated rings. The molecule has 0 bridgehead atoms. The lowest BCUT2D eigenvalue weighted by molar-refractivity contribution is -0.117. The summed E-state index contributed by atoms with van der Waals surface area (Å²) >= 11 is 1.57. The van der Waals surface area contributed by atoms with Crippen LogP contribution in [-0.2, 0) is 11.3 Å². The van der Waals surface area contributed by atoms with Gasteiger partial charge in [0.15, 0.2) is 11.5 Å². The van der Waals surface area contributed by atoms with Crippen LogP contribution in [0.2, 0.25) is 0 Å². The first-order valence-electron chi connectivity index (χ1n) is 8.66. The average Bonchev–Trinajstić information content (AvgIpc) is 3.17. The molecule has 0 aliphatic carbocycles. The van der Waals surface area contributed by atoms with Crippen molar-refractivity contribution in [3.8, 4) is 22.9 Å². The fraction of sp³-hybridized carbons (Fsp3) is 0.263. The largest absolute Gasteiger partial charge is 0.493 e. The summed E-state index contributed by atoms with van der Waals surface area (Å²) in [6, 6.07) is 13.0. The number of anilines is 1. The molecule has 146 valence electrons. The maximum atomic E-state index is 12.3. The van der Waals surface area contributed by atoms with Gasteiger partial charge in [-0.15, -0.1) is 22.0 Å². The topological polar surface area (TPSA) is 91.2 Å². The molecule has 1 heterocycles. The summed E-state index contributed by atoms with van der Waals surface area (Å²) in [6.45, 7) is 2.37. The number of nitrogens with one attached hydrogen (secondary N) is 1. The molecule has 1 aromatic heterocycles. The van der Waals surface area contributed by atoms with Crippen LogP contribution in [0.15, 0.2) is 47.4 Å². The number of thioether (sulfide) groups is 1. The van der Waals surface area contributed by atoms with Gasteiger partial charge in [0.05, 0.1) is 19.4 Å². The standard InChI is InChI=1S/C19H21N5O3S/c1-4-27-16-11-13(9-10-15(16)26-2)19-21-23-24(22-19)12-18(25)20-14-7-5-6-8-17(14)28-3/h5-11H,4,12H2,1-3H3,(H,20,25). The van der Waals surface area contributed by atoms with E-state index in [9.17, 15) is 4.79 Å². The Morgan fingerprint density at radius 3 is 2.79 bits per heavy atom. The molecule has 0 saturated carbocycles. The van der Waals surface area contributed by atoms with Crippen molar-refractivity contribution in [3.05, 3.63) is 42.5 Å². The van der Waals surface area contributed by atoms with Crippen LogP contribution in [0.1, 0.15) is 6.92 Å². The fourth-order valence-corrected chi connectivity index (χ4v) is 3.13. The van der Waals surface area contributed by atoms with E-state index in [2.05, 4.69) is 20.7 Å². The van der Waals surface area contributed by atoms with Crippen LogP contribution in [0.25, 0.3) is 11.4 Å². The lowest BCUT2D eigenvalue weighted by atomic mass is 10.2. The van der Waals surface area contributed by atoms with E-state index in [-0.39, 0.29) is 12.5 Å². The zero-order valence-electron chi connectivity index (χ0n) is 15.9. The highest BCUT2D eigenvalue weighted by atomic mass is 32.2. The Labute approximate surface area is 167 Å². The molecular formula is C19H21N5O3S. The van der Waals surface area contributed by atoms with Gasteiger partial charge in [-0.1, -0.05) is 12.1 Å². The van der Waals surface area contributed by atoms with Gasteiger partial charge >= 0.3 is 0 Å². The highest BCUT2D eigenvalue weighted by Crippen LogP contribution is 2.31. The summed E-state index contributed by atoms with van der Waals surface area (Å²) in [5, 5.41) is 15.2. The van der Waals surface area contributed by atoms with Crippen molar-refractivity contribution in [3.63, 3.8) is 0 Å². The van der Waals surface area contributed by atoms with Crippen molar-refractivity contribution in [2.24, 2.45) is 0 Å². The molecule has 0 aliphatic heterocycles. The summed E-state index contributed by atoms with van der Waals surface area (Å²) < 4.78 is 10.9. The Hall–Kier alpha value is -3.07. The third-order valence-corrected chi connectivity index (χ3v) is 4.64. The van der Waals surface area contributed by atoms with Crippen LogP contribution in [0.5, 0.6) is 11.5 Å². The molecule has 28 heavy (non-hydrogen) atoms. The number of carbonyl (C=O) groups is 1. The van der Waals surface area contributed by atoms with Crippen LogP contribution < -0.4 is 14.8 Å². The summed E-state index contributed by atoms with van der Waals surface area (Å²) in [6.07, 6.45) is 1.96. The Balaban J connectivity index is 1.72. The van der Waals surface area contributed by atoms with Crippen LogP contribution in [-0.4, -0.2) is 46.1 Å². The van der Waals surface area contributed by atoms with E-state index in [0.717, 1.165) is 16.1 Å². The minimum atomic E-state index is -0.227. The Bertz CT molecular complexity index is 960. The molecule has 0 aliphatic rings. The van der Waals surface area contributed by atoms with Crippen molar-refractivity contribution in [1.29, 1.82) is 0 Å². The number of methoxy groups -OCH3 is 1. The summed E-state index contributed by atoms with van der Waals surface area (Å²) in [5.41, 5.74) is 1.49. The van der Waals surface area contributed by atoms with E-state index >= 15 is 0 Å².